The van der Waals surface area contributed by atoms with Crippen LogP contribution >= 0.6 is 0 Å². The summed E-state index contributed by atoms with van der Waals surface area (Å²) in [6.07, 6.45) is 3.89. The maximum Gasteiger partial charge on any atom is 0.140 e. The highest BCUT2D eigenvalue weighted by atomic mass is 16.5. The number of hydrogen-bond donors (Lipinski definition) is 1. The number of benzene rings is 1. The third-order valence-electron chi connectivity index (χ3n) is 3.10. The number of methoxy groups -OCH3 is 1. The van der Waals surface area contributed by atoms with Crippen LogP contribution in [0.5, 0.6) is 0 Å². The third kappa shape index (κ3) is 3.66. The van der Waals surface area contributed by atoms with Crippen molar-refractivity contribution in [2.45, 2.75) is 13.0 Å². The molecule has 1 aromatic carbocycles. The van der Waals surface area contributed by atoms with E-state index in [4.69, 9.17) is 4.74 Å². The molecule has 0 amide bonds. The Hall–Kier alpha value is -1.65. The van der Waals surface area contributed by atoms with Crippen LogP contribution in [0.2, 0.25) is 0 Å². The summed E-state index contributed by atoms with van der Waals surface area (Å²) in [6, 6.07) is 10.6. The molecule has 2 rings (SSSR count). The van der Waals surface area contributed by atoms with Gasteiger partial charge in [0.2, 0.25) is 0 Å². The smallest absolute Gasteiger partial charge is 0.140 e. The van der Waals surface area contributed by atoms with Gasteiger partial charge < -0.3 is 14.6 Å². The average Bonchev–Trinajstić information content (AvgIpc) is 2.94. The Morgan fingerprint density at radius 1 is 1.32 bits per heavy atom. The maximum atomic E-state index is 5.03. The van der Waals surface area contributed by atoms with Gasteiger partial charge in [0.05, 0.1) is 6.61 Å². The molecule has 0 radical (unpaired) electrons. The van der Waals surface area contributed by atoms with E-state index in [0.29, 0.717) is 6.04 Å². The van der Waals surface area contributed by atoms with Crippen molar-refractivity contribution in [1.29, 1.82) is 0 Å². The molecule has 1 aromatic heterocycles. The van der Waals surface area contributed by atoms with E-state index in [-0.39, 0.29) is 0 Å². The van der Waals surface area contributed by atoms with Gasteiger partial charge in [-0.05, 0) is 6.92 Å². The van der Waals surface area contributed by atoms with Crippen molar-refractivity contribution in [3.05, 3.63) is 42.7 Å². The lowest BCUT2D eigenvalue weighted by molar-refractivity contribution is 0.198. The monoisotopic (exact) mass is 259 g/mol. The molecular formula is C15H21N3O. The van der Waals surface area contributed by atoms with Gasteiger partial charge in [0.25, 0.3) is 0 Å². The molecule has 1 heterocycles. The van der Waals surface area contributed by atoms with Crippen LogP contribution < -0.4 is 5.32 Å². The normalized spacial score (nSPS) is 12.5. The molecule has 4 heteroatoms. The molecular weight excluding hydrogens is 238 g/mol. The van der Waals surface area contributed by atoms with E-state index in [9.17, 15) is 0 Å². The van der Waals surface area contributed by atoms with Crippen LogP contribution in [0.1, 0.15) is 13.0 Å². The zero-order valence-corrected chi connectivity index (χ0v) is 11.5. The largest absolute Gasteiger partial charge is 0.383 e. The Morgan fingerprint density at radius 2 is 2.11 bits per heavy atom. The maximum absolute atomic E-state index is 5.03. The molecule has 0 saturated heterocycles. The lowest BCUT2D eigenvalue weighted by Gasteiger charge is -2.17. The minimum atomic E-state index is 0.356. The summed E-state index contributed by atoms with van der Waals surface area (Å²) < 4.78 is 7.23. The standard InChI is InChI=1S/C15H21N3O/c1-13(12-16-9-11-19-2)18-10-8-17-15(18)14-6-4-3-5-7-14/h3-8,10,13,16H,9,11-12H2,1-2H3. The molecule has 1 unspecified atom stereocenters. The lowest BCUT2D eigenvalue weighted by atomic mass is 10.2. The van der Waals surface area contributed by atoms with Crippen LogP contribution in [0.25, 0.3) is 11.4 Å². The van der Waals surface area contributed by atoms with Crippen molar-refractivity contribution >= 4 is 0 Å². The van der Waals surface area contributed by atoms with Gasteiger partial charge in [-0.1, -0.05) is 30.3 Å². The lowest BCUT2D eigenvalue weighted by Crippen LogP contribution is -2.26. The van der Waals surface area contributed by atoms with E-state index < -0.39 is 0 Å². The van der Waals surface area contributed by atoms with E-state index in [1.807, 2.05) is 30.6 Å². The Kier molecular flexibility index (Phi) is 5.12. The van der Waals surface area contributed by atoms with Crippen LogP contribution in [0.4, 0.5) is 0 Å². The van der Waals surface area contributed by atoms with Gasteiger partial charge in [-0.2, -0.15) is 0 Å². The fourth-order valence-electron chi connectivity index (χ4n) is 2.06. The van der Waals surface area contributed by atoms with Crippen molar-refractivity contribution in [2.24, 2.45) is 0 Å². The summed E-state index contributed by atoms with van der Waals surface area (Å²) in [5.41, 5.74) is 1.15. The third-order valence-corrected chi connectivity index (χ3v) is 3.10. The van der Waals surface area contributed by atoms with Gasteiger partial charge in [0.1, 0.15) is 5.82 Å². The molecule has 102 valence electrons. The molecule has 19 heavy (non-hydrogen) atoms. The number of rotatable bonds is 7. The second-order valence-corrected chi connectivity index (χ2v) is 4.57. The fourth-order valence-corrected chi connectivity index (χ4v) is 2.06. The molecule has 0 spiro atoms. The summed E-state index contributed by atoms with van der Waals surface area (Å²) in [4.78, 5) is 4.46. The number of ether oxygens (including phenoxy) is 1. The van der Waals surface area contributed by atoms with Gasteiger partial charge in [-0.15, -0.1) is 0 Å². The van der Waals surface area contributed by atoms with Crippen molar-refractivity contribution in [3.8, 4) is 11.4 Å². The topological polar surface area (TPSA) is 39.1 Å². The minimum absolute atomic E-state index is 0.356. The number of nitrogens with zero attached hydrogens (tertiary/aromatic N) is 2. The van der Waals surface area contributed by atoms with Crippen LogP contribution in [-0.2, 0) is 4.74 Å². The fraction of sp³-hybridized carbons (Fsp3) is 0.400. The van der Waals surface area contributed by atoms with Gasteiger partial charge >= 0.3 is 0 Å². The SMILES string of the molecule is COCCNCC(C)n1ccnc1-c1ccccc1. The second kappa shape index (κ2) is 7.07. The first kappa shape index (κ1) is 13.8. The Balaban J connectivity index is 2.03. The summed E-state index contributed by atoms with van der Waals surface area (Å²) in [5.74, 6) is 1.02. The minimum Gasteiger partial charge on any atom is -0.383 e. The van der Waals surface area contributed by atoms with Crippen LogP contribution in [0, 0.1) is 0 Å². The Morgan fingerprint density at radius 3 is 2.84 bits per heavy atom. The van der Waals surface area contributed by atoms with E-state index in [0.717, 1.165) is 31.1 Å². The van der Waals surface area contributed by atoms with Crippen LogP contribution in [0.3, 0.4) is 0 Å². The Bertz CT molecular complexity index is 481. The molecule has 1 N–H and O–H groups in total. The second-order valence-electron chi connectivity index (χ2n) is 4.57. The molecule has 0 saturated carbocycles. The van der Waals surface area contributed by atoms with Crippen molar-refractivity contribution in [1.82, 2.24) is 14.9 Å². The van der Waals surface area contributed by atoms with Crippen LogP contribution in [-0.4, -0.2) is 36.4 Å². The highest BCUT2D eigenvalue weighted by Gasteiger charge is 2.10. The Labute approximate surface area is 114 Å². The zero-order valence-electron chi connectivity index (χ0n) is 11.5. The molecule has 0 aliphatic carbocycles. The highest BCUT2D eigenvalue weighted by Crippen LogP contribution is 2.20. The first-order valence-corrected chi connectivity index (χ1v) is 6.61. The summed E-state index contributed by atoms with van der Waals surface area (Å²) in [6.45, 7) is 4.70. The number of aromatic nitrogens is 2. The number of nitrogens with one attached hydrogen (secondary N) is 1. The van der Waals surface area contributed by atoms with E-state index in [1.54, 1.807) is 7.11 Å². The van der Waals surface area contributed by atoms with E-state index in [1.165, 1.54) is 0 Å². The molecule has 0 aliphatic rings. The van der Waals surface area contributed by atoms with E-state index >= 15 is 0 Å². The summed E-state index contributed by atoms with van der Waals surface area (Å²) >= 11 is 0. The van der Waals surface area contributed by atoms with Crippen molar-refractivity contribution < 1.29 is 4.74 Å². The quantitative estimate of drug-likeness (QED) is 0.776. The van der Waals surface area contributed by atoms with Gasteiger partial charge in [-0.3, -0.25) is 0 Å². The summed E-state index contributed by atoms with van der Waals surface area (Å²) in [7, 11) is 1.72. The number of imidazole rings is 1. The van der Waals surface area contributed by atoms with Crippen LogP contribution in [0.15, 0.2) is 42.7 Å². The molecule has 4 nitrogen and oxygen atoms in total. The highest BCUT2D eigenvalue weighted by molar-refractivity contribution is 5.55. The number of hydrogen-bond acceptors (Lipinski definition) is 3. The van der Waals surface area contributed by atoms with Gasteiger partial charge in [-0.25, -0.2) is 4.98 Å². The predicted molar refractivity (Wildman–Crippen MR) is 77.1 cm³/mol. The zero-order chi connectivity index (χ0) is 13.5. The molecule has 1 atom stereocenters. The molecule has 2 aromatic rings. The average molecular weight is 259 g/mol. The predicted octanol–water partition coefficient (Wildman–Crippen LogP) is 2.35. The molecule has 0 aliphatic heterocycles. The van der Waals surface area contributed by atoms with Gasteiger partial charge in [0, 0.05) is 44.2 Å². The summed E-state index contributed by atoms with van der Waals surface area (Å²) in [5, 5.41) is 3.38. The first-order chi connectivity index (χ1) is 9.33. The van der Waals surface area contributed by atoms with Crippen molar-refractivity contribution in [2.75, 3.05) is 26.8 Å². The van der Waals surface area contributed by atoms with Crippen molar-refractivity contribution in [3.63, 3.8) is 0 Å². The molecule has 0 fully saturated rings. The van der Waals surface area contributed by atoms with Gasteiger partial charge in [0.15, 0.2) is 0 Å². The molecule has 0 bridgehead atoms. The first-order valence-electron chi connectivity index (χ1n) is 6.61. The van der Waals surface area contributed by atoms with E-state index in [2.05, 4.69) is 33.9 Å².